The zero-order valence-corrected chi connectivity index (χ0v) is 15.8. The third kappa shape index (κ3) is 2.82. The summed E-state index contributed by atoms with van der Waals surface area (Å²) in [7, 11) is 0. The second kappa shape index (κ2) is 6.83. The summed E-state index contributed by atoms with van der Waals surface area (Å²) in [5.74, 6) is 0.720. The number of rotatable bonds is 5. The Morgan fingerprint density at radius 1 is 1.41 bits per heavy atom. The lowest BCUT2D eigenvalue weighted by molar-refractivity contribution is -0.0945. The molecule has 0 radical (unpaired) electrons. The highest BCUT2D eigenvalue weighted by Crippen LogP contribution is 2.56. The van der Waals surface area contributed by atoms with Crippen molar-refractivity contribution in [2.75, 3.05) is 13.2 Å². The van der Waals surface area contributed by atoms with E-state index in [1.54, 1.807) is 6.92 Å². The molecule has 1 spiro atoms. The molecule has 1 amide bonds. The molecule has 152 valence electrons. The van der Waals surface area contributed by atoms with Crippen LogP contribution < -0.4 is 17.2 Å². The summed E-state index contributed by atoms with van der Waals surface area (Å²) < 4.78 is 5.00. The quantitative estimate of drug-likeness (QED) is 0.400. The molecule has 0 saturated carbocycles. The van der Waals surface area contributed by atoms with E-state index in [9.17, 15) is 15.0 Å². The number of amidine groups is 1. The van der Waals surface area contributed by atoms with E-state index in [4.69, 9.17) is 21.9 Å². The fourth-order valence-corrected chi connectivity index (χ4v) is 5.54. The van der Waals surface area contributed by atoms with Crippen molar-refractivity contribution in [1.29, 1.82) is 0 Å². The van der Waals surface area contributed by atoms with Crippen LogP contribution in [0.1, 0.15) is 39.5 Å². The van der Waals surface area contributed by atoms with E-state index >= 15 is 0 Å². The Labute approximate surface area is 158 Å². The van der Waals surface area contributed by atoms with E-state index < -0.39 is 29.3 Å². The van der Waals surface area contributed by atoms with Gasteiger partial charge in [-0.25, -0.2) is 9.79 Å². The van der Waals surface area contributed by atoms with Crippen molar-refractivity contribution < 1.29 is 19.7 Å². The van der Waals surface area contributed by atoms with Gasteiger partial charge in [0.15, 0.2) is 5.96 Å². The largest absolute Gasteiger partial charge is 0.447 e. The number of nitrogens with two attached hydrogens (primary N) is 3. The molecule has 10 heteroatoms. The zero-order chi connectivity index (χ0) is 20.0. The van der Waals surface area contributed by atoms with Crippen molar-refractivity contribution in [2.24, 2.45) is 33.1 Å². The van der Waals surface area contributed by atoms with Gasteiger partial charge in [0, 0.05) is 19.1 Å². The monoisotopic (exact) mass is 382 g/mol. The minimum Gasteiger partial charge on any atom is -0.447 e. The molecule has 0 aromatic heterocycles. The molecule has 1 saturated heterocycles. The van der Waals surface area contributed by atoms with Crippen LogP contribution >= 0.6 is 0 Å². The average Bonchev–Trinajstić information content (AvgIpc) is 2.81. The van der Waals surface area contributed by atoms with Crippen LogP contribution in [0.5, 0.6) is 0 Å². The predicted molar refractivity (Wildman–Crippen MR) is 100 cm³/mol. The second-order valence-electron chi connectivity index (χ2n) is 7.90. The molecule has 8 N–H and O–H groups in total. The van der Waals surface area contributed by atoms with Crippen LogP contribution in [0.2, 0.25) is 0 Å². The Bertz CT molecular complexity index is 666. The topological polar surface area (TPSA) is 173 Å². The Balaban J connectivity index is 2.17. The molecule has 3 aliphatic heterocycles. The maximum atomic E-state index is 11.6. The summed E-state index contributed by atoms with van der Waals surface area (Å²) in [6.45, 7) is 3.71. The number of aliphatic hydroxyl groups is 2. The van der Waals surface area contributed by atoms with Gasteiger partial charge in [0.1, 0.15) is 18.7 Å². The fourth-order valence-electron chi connectivity index (χ4n) is 5.54. The highest BCUT2D eigenvalue weighted by Gasteiger charge is 2.70. The molecule has 0 aromatic carbocycles. The van der Waals surface area contributed by atoms with Crippen molar-refractivity contribution >= 4 is 17.9 Å². The Hall–Kier alpha value is -2.07. The molecule has 0 aromatic rings. The van der Waals surface area contributed by atoms with Crippen molar-refractivity contribution in [3.63, 3.8) is 0 Å². The summed E-state index contributed by atoms with van der Waals surface area (Å²) in [6.07, 6.45) is 1.26. The summed E-state index contributed by atoms with van der Waals surface area (Å²) in [5.41, 5.74) is 15.6. The van der Waals surface area contributed by atoms with Gasteiger partial charge in [-0.2, -0.15) is 0 Å². The van der Waals surface area contributed by atoms with Crippen LogP contribution in [0.4, 0.5) is 4.79 Å². The first-order chi connectivity index (χ1) is 12.7. The van der Waals surface area contributed by atoms with Gasteiger partial charge in [-0.15, -0.1) is 0 Å². The molecule has 3 aliphatic rings. The number of primary amides is 1. The highest BCUT2D eigenvalue weighted by atomic mass is 16.5. The molecule has 3 heterocycles. The molecule has 0 bridgehead atoms. The Morgan fingerprint density at radius 3 is 2.70 bits per heavy atom. The summed E-state index contributed by atoms with van der Waals surface area (Å²) >= 11 is 0. The highest BCUT2D eigenvalue weighted by molar-refractivity contribution is 5.86. The van der Waals surface area contributed by atoms with E-state index in [0.29, 0.717) is 25.1 Å². The van der Waals surface area contributed by atoms with Crippen molar-refractivity contribution in [3.8, 4) is 0 Å². The van der Waals surface area contributed by atoms with Gasteiger partial charge in [0.05, 0.1) is 17.0 Å². The summed E-state index contributed by atoms with van der Waals surface area (Å²) in [5, 5.41) is 21.1. The Morgan fingerprint density at radius 2 is 2.11 bits per heavy atom. The molecule has 6 atom stereocenters. The lowest BCUT2D eigenvalue weighted by Crippen LogP contribution is -2.76. The number of guanidine groups is 1. The first-order valence-corrected chi connectivity index (χ1v) is 9.39. The van der Waals surface area contributed by atoms with Gasteiger partial charge in [0.2, 0.25) is 0 Å². The van der Waals surface area contributed by atoms with E-state index in [0.717, 1.165) is 6.42 Å². The number of aliphatic hydroxyl groups excluding tert-OH is 1. The van der Waals surface area contributed by atoms with E-state index in [-0.39, 0.29) is 31.1 Å². The third-order valence-corrected chi connectivity index (χ3v) is 6.35. The predicted octanol–water partition coefficient (Wildman–Crippen LogP) is -1.12. The number of aliphatic imine (C=N–C) groups is 2. The maximum absolute atomic E-state index is 11.6. The van der Waals surface area contributed by atoms with Crippen molar-refractivity contribution in [3.05, 3.63) is 0 Å². The summed E-state index contributed by atoms with van der Waals surface area (Å²) in [4.78, 5) is 22.2. The summed E-state index contributed by atoms with van der Waals surface area (Å²) in [6, 6.07) is -1.31. The number of amides is 1. The molecule has 3 rings (SSSR count). The molecule has 10 nitrogen and oxygen atoms in total. The third-order valence-electron chi connectivity index (χ3n) is 6.35. The van der Waals surface area contributed by atoms with Crippen molar-refractivity contribution in [1.82, 2.24) is 4.90 Å². The van der Waals surface area contributed by atoms with Crippen LogP contribution in [0, 0.1) is 5.92 Å². The number of hydrogen-bond acceptors (Lipinski definition) is 9. The number of nitrogens with zero attached hydrogens (tertiary/aromatic N) is 3. The Kier molecular flexibility index (Phi) is 4.98. The van der Waals surface area contributed by atoms with Gasteiger partial charge < -0.3 is 37.1 Å². The van der Waals surface area contributed by atoms with E-state index in [1.165, 1.54) is 0 Å². The molecule has 27 heavy (non-hydrogen) atoms. The number of hydrogen-bond donors (Lipinski definition) is 5. The SMILES string of the molecule is CCC1CC(N)=NC2C(COC(N)=O)N=C(N)N3C(CCO)CC(C)(O)C123. The minimum atomic E-state index is -1.14. The lowest BCUT2D eigenvalue weighted by atomic mass is 9.62. The average molecular weight is 382 g/mol. The molecular weight excluding hydrogens is 352 g/mol. The van der Waals surface area contributed by atoms with E-state index in [2.05, 4.69) is 9.98 Å². The van der Waals surface area contributed by atoms with Crippen LogP contribution in [0.3, 0.4) is 0 Å². The normalized spacial score (nSPS) is 40.7. The fraction of sp³-hybridized carbons (Fsp3) is 0.824. The zero-order valence-electron chi connectivity index (χ0n) is 15.8. The number of carbonyl (C=O) groups excluding carboxylic acids is 1. The van der Waals surface area contributed by atoms with Crippen LogP contribution in [0.15, 0.2) is 9.98 Å². The van der Waals surface area contributed by atoms with Crippen LogP contribution in [-0.4, -0.2) is 75.5 Å². The molecule has 0 aliphatic carbocycles. The van der Waals surface area contributed by atoms with Crippen LogP contribution in [0.25, 0.3) is 0 Å². The number of ether oxygens (including phenoxy) is 1. The molecule has 1 fully saturated rings. The molecular formula is C17H30N6O4. The van der Waals surface area contributed by atoms with Gasteiger partial charge in [-0.3, -0.25) is 4.99 Å². The van der Waals surface area contributed by atoms with Gasteiger partial charge in [-0.05, 0) is 25.7 Å². The first-order valence-electron chi connectivity index (χ1n) is 9.39. The minimum absolute atomic E-state index is 0.0242. The van der Waals surface area contributed by atoms with Gasteiger partial charge in [-0.1, -0.05) is 13.3 Å². The molecule has 6 unspecified atom stereocenters. The lowest BCUT2D eigenvalue weighted by Gasteiger charge is -2.59. The van der Waals surface area contributed by atoms with Crippen molar-refractivity contribution in [2.45, 2.75) is 68.8 Å². The van der Waals surface area contributed by atoms with E-state index in [1.807, 2.05) is 11.8 Å². The smallest absolute Gasteiger partial charge is 0.404 e. The number of carbonyl (C=O) groups is 1. The van der Waals surface area contributed by atoms with Gasteiger partial charge in [0.25, 0.3) is 0 Å². The van der Waals surface area contributed by atoms with Gasteiger partial charge >= 0.3 is 6.09 Å². The second-order valence-corrected chi connectivity index (χ2v) is 7.90. The first kappa shape index (κ1) is 19.7. The maximum Gasteiger partial charge on any atom is 0.404 e. The van der Waals surface area contributed by atoms with Crippen LogP contribution in [-0.2, 0) is 4.74 Å². The standard InChI is InChI=1S/C17H30N6O4/c1-3-9-6-12(18)22-13-11(8-27-15(20)25)21-14(19)23-10(4-5-24)7-16(2,26)17(9,13)23/h9-11,13,24,26H,3-8H2,1-2H3,(H2,18,22)(H2,19,21)(H2,20,25).